The summed E-state index contributed by atoms with van der Waals surface area (Å²) in [6.07, 6.45) is 0.671. The van der Waals surface area contributed by atoms with E-state index in [0.717, 1.165) is 6.54 Å². The van der Waals surface area contributed by atoms with Crippen molar-refractivity contribution in [1.29, 1.82) is 0 Å². The summed E-state index contributed by atoms with van der Waals surface area (Å²) in [7, 11) is 3.87. The lowest BCUT2D eigenvalue weighted by atomic mass is 9.95. The molecule has 0 saturated carbocycles. The molecule has 0 radical (unpaired) electrons. The van der Waals surface area contributed by atoms with Gasteiger partial charge in [0.05, 0.1) is 18.2 Å². The second-order valence-corrected chi connectivity index (χ2v) is 7.66. The first-order valence-corrected chi connectivity index (χ1v) is 10.2. The van der Waals surface area contributed by atoms with E-state index in [1.54, 1.807) is 24.3 Å². The van der Waals surface area contributed by atoms with E-state index in [9.17, 15) is 19.1 Å². The number of nitrogens with zero attached hydrogens (tertiary/aromatic N) is 2. The normalized spacial score (nSPS) is 18.1. The molecule has 1 aliphatic heterocycles. The molecule has 1 saturated heterocycles. The minimum atomic E-state index is -0.745. The summed E-state index contributed by atoms with van der Waals surface area (Å²) in [5.41, 5.74) is 0.977. The van der Waals surface area contributed by atoms with Gasteiger partial charge in [-0.3, -0.25) is 9.59 Å². The van der Waals surface area contributed by atoms with E-state index in [1.807, 2.05) is 25.9 Å². The second-order valence-electron chi connectivity index (χ2n) is 7.66. The van der Waals surface area contributed by atoms with E-state index in [1.165, 1.54) is 29.2 Å². The first kappa shape index (κ1) is 22.5. The lowest BCUT2D eigenvalue weighted by Crippen LogP contribution is -2.32. The number of ether oxygens (including phenoxy) is 1. The molecule has 2 aromatic rings. The Hall–Kier alpha value is -3.19. The summed E-state index contributed by atoms with van der Waals surface area (Å²) in [6.45, 7) is 3.51. The van der Waals surface area contributed by atoms with Crippen molar-refractivity contribution in [3.05, 3.63) is 71.0 Å². The fourth-order valence-corrected chi connectivity index (χ4v) is 3.69. The molecule has 1 aliphatic rings. The number of ketones is 1. The van der Waals surface area contributed by atoms with Gasteiger partial charge < -0.3 is 19.6 Å². The van der Waals surface area contributed by atoms with Crippen LogP contribution in [-0.4, -0.2) is 60.4 Å². The zero-order valence-electron chi connectivity index (χ0n) is 18.0. The number of aliphatic hydroxyl groups excluding tert-OH is 1. The Balaban J connectivity index is 2.05. The van der Waals surface area contributed by atoms with Crippen LogP contribution in [-0.2, 0) is 9.59 Å². The van der Waals surface area contributed by atoms with Crippen LogP contribution < -0.4 is 4.74 Å². The fraction of sp³-hybridized carbons (Fsp3) is 0.333. The monoisotopic (exact) mass is 426 g/mol. The summed E-state index contributed by atoms with van der Waals surface area (Å²) in [5.74, 6) is -1.49. The van der Waals surface area contributed by atoms with E-state index in [2.05, 4.69) is 0 Å². The molecule has 1 N–H and O–H groups in total. The van der Waals surface area contributed by atoms with Gasteiger partial charge in [-0.15, -0.1) is 0 Å². The average molecular weight is 426 g/mol. The third-order valence-electron chi connectivity index (χ3n) is 5.17. The topological polar surface area (TPSA) is 70.1 Å². The quantitative estimate of drug-likeness (QED) is 0.397. The van der Waals surface area contributed by atoms with Crippen molar-refractivity contribution in [2.75, 3.05) is 33.8 Å². The molecule has 1 unspecified atom stereocenters. The van der Waals surface area contributed by atoms with E-state index in [4.69, 9.17) is 4.74 Å². The molecular weight excluding hydrogens is 399 g/mol. The summed E-state index contributed by atoms with van der Waals surface area (Å²) >= 11 is 0. The molecular formula is C24H27FN2O4. The van der Waals surface area contributed by atoms with Crippen LogP contribution in [0.25, 0.3) is 5.76 Å². The maximum Gasteiger partial charge on any atom is 0.295 e. The van der Waals surface area contributed by atoms with E-state index >= 15 is 0 Å². The van der Waals surface area contributed by atoms with Crippen molar-refractivity contribution in [2.24, 2.45) is 0 Å². The molecule has 0 bridgehead atoms. The number of Topliss-reactive ketones (excluding diaryl/α,β-unsaturated/α-hetero) is 1. The maximum absolute atomic E-state index is 13.3. The predicted molar refractivity (Wildman–Crippen MR) is 116 cm³/mol. The lowest BCUT2D eigenvalue weighted by Gasteiger charge is -2.26. The predicted octanol–water partition coefficient (Wildman–Crippen LogP) is 3.60. The van der Waals surface area contributed by atoms with Crippen molar-refractivity contribution in [1.82, 2.24) is 9.80 Å². The Morgan fingerprint density at radius 2 is 1.74 bits per heavy atom. The Labute approximate surface area is 181 Å². The van der Waals surface area contributed by atoms with Gasteiger partial charge in [0.2, 0.25) is 0 Å². The van der Waals surface area contributed by atoms with Crippen LogP contribution in [0.15, 0.2) is 54.1 Å². The van der Waals surface area contributed by atoms with Crippen LogP contribution in [0.3, 0.4) is 0 Å². The van der Waals surface area contributed by atoms with Gasteiger partial charge in [0.25, 0.3) is 11.7 Å². The smallest absolute Gasteiger partial charge is 0.295 e. The highest BCUT2D eigenvalue weighted by Gasteiger charge is 2.45. The van der Waals surface area contributed by atoms with Gasteiger partial charge in [0, 0.05) is 12.1 Å². The van der Waals surface area contributed by atoms with Gasteiger partial charge in [-0.1, -0.05) is 12.1 Å². The number of benzene rings is 2. The Kier molecular flexibility index (Phi) is 7.07. The van der Waals surface area contributed by atoms with Crippen molar-refractivity contribution >= 4 is 17.4 Å². The average Bonchev–Trinajstić information content (AvgIpc) is 2.99. The molecule has 0 aliphatic carbocycles. The highest BCUT2D eigenvalue weighted by Crippen LogP contribution is 2.39. The van der Waals surface area contributed by atoms with E-state index in [-0.39, 0.29) is 16.9 Å². The molecule has 0 spiro atoms. The Bertz CT molecular complexity index is 968. The number of likely N-dealkylation sites (tertiary alicyclic amines) is 1. The van der Waals surface area contributed by atoms with Crippen LogP contribution in [0, 0.1) is 5.82 Å². The maximum atomic E-state index is 13.3. The van der Waals surface area contributed by atoms with E-state index < -0.39 is 23.5 Å². The fourth-order valence-electron chi connectivity index (χ4n) is 3.69. The first-order valence-electron chi connectivity index (χ1n) is 10.2. The van der Waals surface area contributed by atoms with Crippen LogP contribution in [0.5, 0.6) is 5.75 Å². The highest BCUT2D eigenvalue weighted by atomic mass is 19.1. The summed E-state index contributed by atoms with van der Waals surface area (Å²) in [5, 5.41) is 10.9. The van der Waals surface area contributed by atoms with Gasteiger partial charge >= 0.3 is 0 Å². The minimum absolute atomic E-state index is 0.00520. The van der Waals surface area contributed by atoms with Crippen LogP contribution >= 0.6 is 0 Å². The Morgan fingerprint density at radius 3 is 2.32 bits per heavy atom. The molecule has 164 valence electrons. The van der Waals surface area contributed by atoms with Crippen molar-refractivity contribution in [3.8, 4) is 5.75 Å². The molecule has 0 aromatic heterocycles. The summed E-state index contributed by atoms with van der Waals surface area (Å²) in [4.78, 5) is 29.3. The summed E-state index contributed by atoms with van der Waals surface area (Å²) < 4.78 is 18.8. The molecule has 3 rings (SSSR count). The largest absolute Gasteiger partial charge is 0.507 e. The van der Waals surface area contributed by atoms with Crippen molar-refractivity contribution < 1.29 is 23.8 Å². The molecule has 1 fully saturated rings. The Morgan fingerprint density at radius 1 is 1.10 bits per heavy atom. The van der Waals surface area contributed by atoms with Crippen molar-refractivity contribution in [2.45, 2.75) is 19.4 Å². The van der Waals surface area contributed by atoms with E-state index in [0.29, 0.717) is 30.9 Å². The number of carbonyl (C=O) groups is 2. The standard InChI is InChI=1S/C24H27FN2O4/c1-4-31-19-12-8-16(9-13-19)21-20(22(28)17-6-10-18(25)11-7-17)23(29)24(30)27(21)15-5-14-26(2)3/h6-13,21,28H,4-5,14-15H2,1-3H3/b22-20+. The molecule has 1 amide bonds. The van der Waals surface area contributed by atoms with Crippen LogP contribution in [0.2, 0.25) is 0 Å². The van der Waals surface area contributed by atoms with Gasteiger partial charge in [0.1, 0.15) is 17.3 Å². The van der Waals surface area contributed by atoms with Gasteiger partial charge in [-0.05, 0) is 75.9 Å². The molecule has 1 atom stereocenters. The lowest BCUT2D eigenvalue weighted by molar-refractivity contribution is -0.139. The van der Waals surface area contributed by atoms with Crippen LogP contribution in [0.4, 0.5) is 4.39 Å². The zero-order chi connectivity index (χ0) is 22.5. The minimum Gasteiger partial charge on any atom is -0.507 e. The van der Waals surface area contributed by atoms with Gasteiger partial charge in [-0.25, -0.2) is 4.39 Å². The number of rotatable bonds is 8. The van der Waals surface area contributed by atoms with Gasteiger partial charge in [-0.2, -0.15) is 0 Å². The van der Waals surface area contributed by atoms with Crippen LogP contribution in [0.1, 0.15) is 30.5 Å². The SMILES string of the molecule is CCOc1ccc(C2/C(=C(\O)c3ccc(F)cc3)C(=O)C(=O)N2CCCN(C)C)cc1. The molecule has 31 heavy (non-hydrogen) atoms. The number of carbonyl (C=O) groups excluding carboxylic acids is 2. The first-order chi connectivity index (χ1) is 14.8. The summed E-state index contributed by atoms with van der Waals surface area (Å²) in [6, 6.07) is 11.6. The van der Waals surface area contributed by atoms with Gasteiger partial charge in [0.15, 0.2) is 0 Å². The second kappa shape index (κ2) is 9.75. The number of aliphatic hydroxyl groups is 1. The number of amides is 1. The molecule has 6 nitrogen and oxygen atoms in total. The molecule has 7 heteroatoms. The van der Waals surface area contributed by atoms with Crippen molar-refractivity contribution in [3.63, 3.8) is 0 Å². The third-order valence-corrected chi connectivity index (χ3v) is 5.17. The number of halogens is 1. The third kappa shape index (κ3) is 4.94. The molecule has 2 aromatic carbocycles. The zero-order valence-corrected chi connectivity index (χ0v) is 18.0. The number of hydrogen-bond acceptors (Lipinski definition) is 5. The molecule has 1 heterocycles. The number of hydrogen-bond donors (Lipinski definition) is 1. The highest BCUT2D eigenvalue weighted by molar-refractivity contribution is 6.46.